The summed E-state index contributed by atoms with van der Waals surface area (Å²) in [5.74, 6) is 0.00732. The van der Waals surface area contributed by atoms with E-state index in [9.17, 15) is 9.59 Å². The van der Waals surface area contributed by atoms with E-state index >= 15 is 0 Å². The molecule has 2 amide bonds. The predicted molar refractivity (Wildman–Crippen MR) is 144 cm³/mol. The summed E-state index contributed by atoms with van der Waals surface area (Å²) >= 11 is 13.5. The highest BCUT2D eigenvalue weighted by Gasteiger charge is 2.18. The fourth-order valence-electron chi connectivity index (χ4n) is 3.56. The second-order valence-electron chi connectivity index (χ2n) is 7.83. The van der Waals surface area contributed by atoms with Crippen LogP contribution in [0.4, 0.5) is 5.00 Å². The normalized spacial score (nSPS) is 10.6. The van der Waals surface area contributed by atoms with Gasteiger partial charge in [-0.25, -0.2) is 0 Å². The number of nitrogens with two attached hydrogens (primary N) is 1. The van der Waals surface area contributed by atoms with Crippen molar-refractivity contribution >= 4 is 51.4 Å². The minimum atomic E-state index is -0.607. The number of methoxy groups -OCH3 is 1. The number of rotatable bonds is 9. The number of ether oxygens (including phenoxy) is 2. The Morgan fingerprint density at radius 2 is 1.72 bits per heavy atom. The molecule has 6 nitrogen and oxygen atoms in total. The van der Waals surface area contributed by atoms with Gasteiger partial charge in [-0.3, -0.25) is 9.59 Å². The van der Waals surface area contributed by atoms with Crippen molar-refractivity contribution in [3.63, 3.8) is 0 Å². The maximum atomic E-state index is 13.1. The number of thiophene rings is 1. The van der Waals surface area contributed by atoms with Crippen LogP contribution in [0, 0.1) is 0 Å². The molecule has 0 unspecified atom stereocenters. The molecule has 9 heteroatoms. The number of nitrogens with one attached hydrogen (secondary N) is 1. The molecule has 0 spiro atoms. The van der Waals surface area contributed by atoms with Crippen molar-refractivity contribution in [2.75, 3.05) is 12.4 Å². The van der Waals surface area contributed by atoms with E-state index in [1.165, 1.54) is 18.4 Å². The smallest absolute Gasteiger partial charge is 0.256 e. The van der Waals surface area contributed by atoms with E-state index < -0.39 is 5.91 Å². The van der Waals surface area contributed by atoms with Crippen LogP contribution in [0.3, 0.4) is 0 Å². The molecular formula is C27H22Cl2N2O4S. The summed E-state index contributed by atoms with van der Waals surface area (Å²) in [5, 5.41) is 4.11. The van der Waals surface area contributed by atoms with Crippen molar-refractivity contribution < 1.29 is 19.1 Å². The molecule has 3 N–H and O–H groups in total. The maximum absolute atomic E-state index is 13.1. The molecule has 184 valence electrons. The zero-order valence-corrected chi connectivity index (χ0v) is 21.5. The van der Waals surface area contributed by atoms with Crippen molar-refractivity contribution in [1.29, 1.82) is 0 Å². The van der Waals surface area contributed by atoms with Crippen molar-refractivity contribution in [3.8, 4) is 11.5 Å². The van der Waals surface area contributed by atoms with Gasteiger partial charge < -0.3 is 20.5 Å². The molecule has 3 aromatic carbocycles. The highest BCUT2D eigenvalue weighted by atomic mass is 35.5. The Morgan fingerprint density at radius 1 is 0.972 bits per heavy atom. The largest absolute Gasteiger partial charge is 0.496 e. The number of hydrogen-bond acceptors (Lipinski definition) is 5. The first-order valence-corrected chi connectivity index (χ1v) is 12.4. The fourth-order valence-corrected chi connectivity index (χ4v) is 5.11. The van der Waals surface area contributed by atoms with Gasteiger partial charge in [0.25, 0.3) is 11.8 Å². The van der Waals surface area contributed by atoms with Crippen LogP contribution in [0.15, 0.2) is 72.8 Å². The first-order chi connectivity index (χ1) is 17.3. The minimum absolute atomic E-state index is 0.110. The van der Waals surface area contributed by atoms with Crippen LogP contribution >= 0.6 is 34.5 Å². The number of benzene rings is 3. The molecule has 0 aliphatic rings. The molecule has 1 aromatic heterocycles. The molecule has 4 aromatic rings. The van der Waals surface area contributed by atoms with E-state index in [0.29, 0.717) is 44.1 Å². The predicted octanol–water partition coefficient (Wildman–Crippen LogP) is 6.58. The molecule has 0 aliphatic heterocycles. The van der Waals surface area contributed by atoms with Crippen molar-refractivity contribution in [2.24, 2.45) is 5.73 Å². The van der Waals surface area contributed by atoms with Gasteiger partial charge in [0.2, 0.25) is 0 Å². The van der Waals surface area contributed by atoms with Gasteiger partial charge in [0.1, 0.15) is 23.1 Å². The number of carbonyl (C=O) groups excluding carboxylic acids is 2. The van der Waals surface area contributed by atoms with Gasteiger partial charge in [-0.2, -0.15) is 0 Å². The second kappa shape index (κ2) is 11.5. The quantitative estimate of drug-likeness (QED) is 0.250. The Labute approximate surface area is 222 Å². The highest BCUT2D eigenvalue weighted by Crippen LogP contribution is 2.32. The fraction of sp³-hybridized carbons (Fsp3) is 0.111. The van der Waals surface area contributed by atoms with E-state index in [1.54, 1.807) is 42.5 Å². The lowest BCUT2D eigenvalue weighted by atomic mass is 10.1. The molecule has 0 bridgehead atoms. The molecule has 4 rings (SSSR count). The zero-order chi connectivity index (χ0) is 25.7. The third-order valence-electron chi connectivity index (χ3n) is 5.32. The summed E-state index contributed by atoms with van der Waals surface area (Å²) in [6.45, 7) is 0.110. The lowest BCUT2D eigenvalue weighted by molar-refractivity contribution is 0.100. The van der Waals surface area contributed by atoms with Gasteiger partial charge in [0.05, 0.1) is 17.7 Å². The summed E-state index contributed by atoms with van der Waals surface area (Å²) < 4.78 is 11.2. The molecule has 0 saturated heterocycles. The Balaban J connectivity index is 1.53. The van der Waals surface area contributed by atoms with E-state index in [4.69, 9.17) is 38.4 Å². The molecule has 0 radical (unpaired) electrons. The molecule has 0 atom stereocenters. The van der Waals surface area contributed by atoms with Crippen LogP contribution in [0.1, 0.15) is 36.7 Å². The summed E-state index contributed by atoms with van der Waals surface area (Å²) in [4.78, 5) is 26.0. The van der Waals surface area contributed by atoms with Gasteiger partial charge >= 0.3 is 0 Å². The van der Waals surface area contributed by atoms with Crippen LogP contribution in [0.2, 0.25) is 10.0 Å². The summed E-state index contributed by atoms with van der Waals surface area (Å²) in [5.41, 5.74) is 7.95. The number of hydrogen-bond donors (Lipinski definition) is 2. The molecular weight excluding hydrogens is 519 g/mol. The van der Waals surface area contributed by atoms with Crippen LogP contribution < -0.4 is 20.5 Å². The summed E-state index contributed by atoms with van der Waals surface area (Å²) in [6, 6.07) is 21.5. The SMILES string of the molecule is COc1ccc(C(=O)Nc2sc(Cc3ccccc3)cc2C(N)=O)cc1COc1ccc(Cl)cc1Cl. The second-order valence-corrected chi connectivity index (χ2v) is 9.81. The van der Waals surface area contributed by atoms with Crippen molar-refractivity contribution in [1.82, 2.24) is 0 Å². The van der Waals surface area contributed by atoms with Crippen molar-refractivity contribution in [2.45, 2.75) is 13.0 Å². The van der Waals surface area contributed by atoms with Gasteiger partial charge in [0, 0.05) is 27.4 Å². The van der Waals surface area contributed by atoms with Crippen LogP contribution in [-0.4, -0.2) is 18.9 Å². The minimum Gasteiger partial charge on any atom is -0.496 e. The molecule has 0 saturated carbocycles. The molecule has 36 heavy (non-hydrogen) atoms. The first kappa shape index (κ1) is 25.6. The number of primary amides is 1. The number of halogens is 2. The third kappa shape index (κ3) is 6.18. The Hall–Kier alpha value is -3.52. The Morgan fingerprint density at radius 3 is 2.42 bits per heavy atom. The average Bonchev–Trinajstić information content (AvgIpc) is 3.26. The monoisotopic (exact) mass is 540 g/mol. The summed E-state index contributed by atoms with van der Waals surface area (Å²) in [6.07, 6.45) is 0.624. The highest BCUT2D eigenvalue weighted by molar-refractivity contribution is 7.16. The van der Waals surface area contributed by atoms with Crippen LogP contribution in [0.5, 0.6) is 11.5 Å². The van der Waals surface area contributed by atoms with Gasteiger partial charge in [-0.05, 0) is 48.0 Å². The zero-order valence-electron chi connectivity index (χ0n) is 19.2. The van der Waals surface area contributed by atoms with E-state index in [2.05, 4.69) is 5.32 Å². The summed E-state index contributed by atoms with van der Waals surface area (Å²) in [7, 11) is 1.53. The lowest BCUT2D eigenvalue weighted by Gasteiger charge is -2.13. The van der Waals surface area contributed by atoms with Crippen LogP contribution in [-0.2, 0) is 13.0 Å². The third-order valence-corrected chi connectivity index (χ3v) is 6.90. The first-order valence-electron chi connectivity index (χ1n) is 10.9. The Kier molecular flexibility index (Phi) is 8.15. The number of carbonyl (C=O) groups is 2. The maximum Gasteiger partial charge on any atom is 0.256 e. The average molecular weight is 541 g/mol. The molecule has 0 fully saturated rings. The van der Waals surface area contributed by atoms with Gasteiger partial charge in [-0.1, -0.05) is 53.5 Å². The van der Waals surface area contributed by atoms with Gasteiger partial charge in [-0.15, -0.1) is 11.3 Å². The topological polar surface area (TPSA) is 90.6 Å². The number of amides is 2. The number of anilines is 1. The lowest BCUT2D eigenvalue weighted by Crippen LogP contribution is -2.16. The van der Waals surface area contributed by atoms with Crippen molar-refractivity contribution in [3.05, 3.63) is 110 Å². The van der Waals surface area contributed by atoms with E-state index in [1.807, 2.05) is 30.3 Å². The Bertz CT molecular complexity index is 1410. The molecule has 0 aliphatic carbocycles. The standard InChI is InChI=1S/C27H22Cl2N2O4S/c1-34-23-9-7-17(12-18(23)15-35-24-10-8-19(28)13-22(24)29)26(33)31-27-21(25(30)32)14-20(36-27)11-16-5-3-2-4-6-16/h2-10,12-14H,11,15H2,1H3,(H2,30,32)(H,31,33). The molecule has 1 heterocycles. The van der Waals surface area contributed by atoms with E-state index in [0.717, 1.165) is 10.4 Å². The van der Waals surface area contributed by atoms with Crippen LogP contribution in [0.25, 0.3) is 0 Å². The van der Waals surface area contributed by atoms with E-state index in [-0.39, 0.29) is 18.1 Å². The van der Waals surface area contributed by atoms with Gasteiger partial charge in [0.15, 0.2) is 0 Å².